The molecule has 0 amide bonds. The summed E-state index contributed by atoms with van der Waals surface area (Å²) in [5.41, 5.74) is 0. The molecule has 132 valence electrons. The monoisotopic (exact) mass is 322 g/mol. The van der Waals surface area contributed by atoms with E-state index in [0.717, 1.165) is 64.2 Å². The van der Waals surface area contributed by atoms with Gasteiger partial charge < -0.3 is 10.2 Å². The Morgan fingerprint density at radius 2 is 1.61 bits per heavy atom. The first-order valence-electron chi connectivity index (χ1n) is 9.01. The molecule has 1 atom stereocenters. The zero-order valence-electron chi connectivity index (χ0n) is 14.6. The van der Waals surface area contributed by atoms with E-state index < -0.39 is 5.97 Å². The second-order valence-corrected chi connectivity index (χ2v) is 5.87. The number of aliphatic hydroxyl groups is 1. The fourth-order valence-electron chi connectivity index (χ4n) is 2.23. The second-order valence-electron chi connectivity index (χ2n) is 5.87. The fourth-order valence-corrected chi connectivity index (χ4v) is 2.23. The van der Waals surface area contributed by atoms with Gasteiger partial charge in [-0.05, 0) is 51.4 Å². The number of carboxylic acids is 1. The SMILES string of the molecule is CC/C=C\CC(O)CC/C=C\C/C=C\CCCCCCC(=O)O. The van der Waals surface area contributed by atoms with E-state index in [2.05, 4.69) is 43.4 Å². The summed E-state index contributed by atoms with van der Waals surface area (Å²) in [7, 11) is 0. The van der Waals surface area contributed by atoms with Crippen LogP contribution in [-0.4, -0.2) is 22.3 Å². The minimum Gasteiger partial charge on any atom is -0.481 e. The van der Waals surface area contributed by atoms with Crippen molar-refractivity contribution in [2.75, 3.05) is 0 Å². The summed E-state index contributed by atoms with van der Waals surface area (Å²) in [6.45, 7) is 2.10. The van der Waals surface area contributed by atoms with E-state index in [1.807, 2.05) is 0 Å². The van der Waals surface area contributed by atoms with Gasteiger partial charge >= 0.3 is 5.97 Å². The average molecular weight is 322 g/mol. The second kappa shape index (κ2) is 17.0. The first kappa shape index (κ1) is 21.6. The topological polar surface area (TPSA) is 57.5 Å². The van der Waals surface area contributed by atoms with Crippen LogP contribution in [-0.2, 0) is 4.79 Å². The zero-order chi connectivity index (χ0) is 17.2. The first-order chi connectivity index (χ1) is 11.2. The number of aliphatic hydroxyl groups excluding tert-OH is 1. The summed E-state index contributed by atoms with van der Waals surface area (Å²) in [4.78, 5) is 10.3. The molecule has 1 unspecified atom stereocenters. The molecule has 0 bridgehead atoms. The molecular formula is C20H34O3. The van der Waals surface area contributed by atoms with Crippen LogP contribution < -0.4 is 0 Å². The molecule has 0 aromatic heterocycles. The summed E-state index contributed by atoms with van der Waals surface area (Å²) in [6.07, 6.45) is 22.5. The maximum Gasteiger partial charge on any atom is 0.303 e. The number of hydrogen-bond acceptors (Lipinski definition) is 2. The van der Waals surface area contributed by atoms with Crippen LogP contribution in [0.3, 0.4) is 0 Å². The molecule has 3 heteroatoms. The van der Waals surface area contributed by atoms with Crippen LogP contribution in [0.1, 0.15) is 77.6 Å². The molecule has 23 heavy (non-hydrogen) atoms. The summed E-state index contributed by atoms with van der Waals surface area (Å²) >= 11 is 0. The maximum atomic E-state index is 10.3. The number of hydrogen-bond donors (Lipinski definition) is 2. The summed E-state index contributed by atoms with van der Waals surface area (Å²) < 4.78 is 0. The molecular weight excluding hydrogens is 288 g/mol. The highest BCUT2D eigenvalue weighted by Gasteiger charge is 1.98. The molecule has 0 aromatic carbocycles. The molecule has 3 nitrogen and oxygen atoms in total. The fraction of sp³-hybridized carbons (Fsp3) is 0.650. The van der Waals surface area contributed by atoms with Crippen molar-refractivity contribution in [3.8, 4) is 0 Å². The number of carboxylic acid groups (broad SMARTS) is 1. The molecule has 0 rings (SSSR count). The van der Waals surface area contributed by atoms with Gasteiger partial charge in [0.25, 0.3) is 0 Å². The lowest BCUT2D eigenvalue weighted by Crippen LogP contribution is -2.03. The molecule has 0 radical (unpaired) electrons. The van der Waals surface area contributed by atoms with Gasteiger partial charge in [0.2, 0.25) is 0 Å². The highest BCUT2D eigenvalue weighted by molar-refractivity contribution is 5.66. The van der Waals surface area contributed by atoms with Gasteiger partial charge in [-0.15, -0.1) is 0 Å². The molecule has 0 aromatic rings. The van der Waals surface area contributed by atoms with E-state index in [1.165, 1.54) is 0 Å². The quantitative estimate of drug-likeness (QED) is 0.313. The third kappa shape index (κ3) is 18.6. The van der Waals surface area contributed by atoms with Crippen molar-refractivity contribution in [2.45, 2.75) is 83.7 Å². The van der Waals surface area contributed by atoms with Crippen molar-refractivity contribution in [3.05, 3.63) is 36.5 Å². The van der Waals surface area contributed by atoms with Crippen molar-refractivity contribution in [2.24, 2.45) is 0 Å². The van der Waals surface area contributed by atoms with Crippen LogP contribution in [0.5, 0.6) is 0 Å². The molecule has 0 aliphatic rings. The zero-order valence-corrected chi connectivity index (χ0v) is 14.6. The first-order valence-corrected chi connectivity index (χ1v) is 9.01. The van der Waals surface area contributed by atoms with Crippen molar-refractivity contribution >= 4 is 5.97 Å². The van der Waals surface area contributed by atoms with Gasteiger partial charge in [0.1, 0.15) is 0 Å². The number of rotatable bonds is 15. The summed E-state index contributed by atoms with van der Waals surface area (Å²) in [5.74, 6) is -0.693. The number of unbranched alkanes of at least 4 members (excludes halogenated alkanes) is 4. The smallest absolute Gasteiger partial charge is 0.303 e. The Hall–Kier alpha value is -1.35. The molecule has 2 N–H and O–H groups in total. The lowest BCUT2D eigenvalue weighted by atomic mass is 10.1. The molecule has 0 fully saturated rings. The highest BCUT2D eigenvalue weighted by Crippen LogP contribution is 2.07. The lowest BCUT2D eigenvalue weighted by Gasteiger charge is -2.04. The van der Waals surface area contributed by atoms with E-state index in [-0.39, 0.29) is 6.10 Å². The molecule has 0 spiro atoms. The van der Waals surface area contributed by atoms with Crippen LogP contribution in [0, 0.1) is 0 Å². The molecule has 0 heterocycles. The predicted octanol–water partition coefficient (Wildman–Crippen LogP) is 5.41. The van der Waals surface area contributed by atoms with E-state index in [4.69, 9.17) is 5.11 Å². The highest BCUT2D eigenvalue weighted by atomic mass is 16.4. The van der Waals surface area contributed by atoms with Crippen LogP contribution >= 0.6 is 0 Å². The van der Waals surface area contributed by atoms with Gasteiger partial charge in [-0.2, -0.15) is 0 Å². The Bertz CT molecular complexity index is 356. The number of allylic oxidation sites excluding steroid dienone is 5. The van der Waals surface area contributed by atoms with Gasteiger partial charge in [0.15, 0.2) is 0 Å². The van der Waals surface area contributed by atoms with E-state index in [0.29, 0.717) is 6.42 Å². The largest absolute Gasteiger partial charge is 0.481 e. The Morgan fingerprint density at radius 1 is 0.913 bits per heavy atom. The summed E-state index contributed by atoms with van der Waals surface area (Å²) in [5, 5.41) is 18.3. The Labute approximate surface area is 141 Å². The van der Waals surface area contributed by atoms with Gasteiger partial charge in [0, 0.05) is 6.42 Å². The summed E-state index contributed by atoms with van der Waals surface area (Å²) in [6, 6.07) is 0. The number of carbonyl (C=O) groups is 1. The molecule has 0 aliphatic carbocycles. The molecule has 0 aliphatic heterocycles. The minimum absolute atomic E-state index is 0.223. The lowest BCUT2D eigenvalue weighted by molar-refractivity contribution is -0.137. The normalized spacial score (nSPS) is 13.5. The van der Waals surface area contributed by atoms with Gasteiger partial charge in [-0.3, -0.25) is 4.79 Å². The van der Waals surface area contributed by atoms with E-state index in [1.54, 1.807) is 0 Å². The van der Waals surface area contributed by atoms with Crippen LogP contribution in [0.4, 0.5) is 0 Å². The molecule has 0 saturated heterocycles. The average Bonchev–Trinajstić information content (AvgIpc) is 2.51. The van der Waals surface area contributed by atoms with Gasteiger partial charge in [-0.1, -0.05) is 56.2 Å². The minimum atomic E-state index is -0.693. The maximum absolute atomic E-state index is 10.3. The van der Waals surface area contributed by atoms with Crippen LogP contribution in [0.25, 0.3) is 0 Å². The van der Waals surface area contributed by atoms with Crippen molar-refractivity contribution in [1.82, 2.24) is 0 Å². The standard InChI is InChI=1S/C20H34O3/c1-2-3-13-16-19(21)17-14-11-9-7-5-4-6-8-10-12-15-18-20(22)23/h3-5,9,11,13,19,21H,2,6-8,10,12,14-18H2,1H3,(H,22,23)/b5-4-,11-9-,13-3-. The Balaban J connectivity index is 3.38. The van der Waals surface area contributed by atoms with E-state index in [9.17, 15) is 9.90 Å². The van der Waals surface area contributed by atoms with Gasteiger partial charge in [0.05, 0.1) is 6.10 Å². The predicted molar refractivity (Wildman–Crippen MR) is 97.5 cm³/mol. The number of aliphatic carboxylic acids is 1. The van der Waals surface area contributed by atoms with E-state index >= 15 is 0 Å². The Kier molecular flexibility index (Phi) is 16.0. The third-order valence-electron chi connectivity index (χ3n) is 3.59. The van der Waals surface area contributed by atoms with Crippen molar-refractivity contribution in [1.29, 1.82) is 0 Å². The van der Waals surface area contributed by atoms with Crippen LogP contribution in [0.2, 0.25) is 0 Å². The van der Waals surface area contributed by atoms with Gasteiger partial charge in [-0.25, -0.2) is 0 Å². The molecule has 0 saturated carbocycles. The van der Waals surface area contributed by atoms with Crippen molar-refractivity contribution in [3.63, 3.8) is 0 Å². The third-order valence-corrected chi connectivity index (χ3v) is 3.59. The van der Waals surface area contributed by atoms with Crippen molar-refractivity contribution < 1.29 is 15.0 Å². The Morgan fingerprint density at radius 3 is 2.30 bits per heavy atom. The van der Waals surface area contributed by atoms with Crippen LogP contribution in [0.15, 0.2) is 36.5 Å².